The smallest absolute Gasteiger partial charge is 0.278 e. The van der Waals surface area contributed by atoms with Crippen LogP contribution in [0.2, 0.25) is 0 Å². The van der Waals surface area contributed by atoms with Gasteiger partial charge in [-0.3, -0.25) is 15.0 Å². The lowest BCUT2D eigenvalue weighted by Gasteiger charge is -2.25. The van der Waals surface area contributed by atoms with Gasteiger partial charge in [0.25, 0.3) is 5.91 Å². The normalized spacial score (nSPS) is 17.2. The van der Waals surface area contributed by atoms with Crippen LogP contribution < -0.4 is 5.32 Å². The van der Waals surface area contributed by atoms with E-state index in [2.05, 4.69) is 23.5 Å². The van der Waals surface area contributed by atoms with E-state index < -0.39 is 5.91 Å². The molecule has 4 N–H and O–H groups in total. The Morgan fingerprint density at radius 2 is 1.96 bits per heavy atom. The quantitative estimate of drug-likeness (QED) is 0.381. The molecule has 1 amide bonds. The first-order valence-electron chi connectivity index (χ1n) is 7.68. The number of rotatable bonds is 4. The molecule has 1 aliphatic heterocycles. The Morgan fingerprint density at radius 1 is 1.28 bits per heavy atom. The van der Waals surface area contributed by atoms with Gasteiger partial charge >= 0.3 is 0 Å². The number of hydrogen-bond donors (Lipinski definition) is 4. The average Bonchev–Trinajstić information content (AvgIpc) is 2.62. The number of aromatic hydroxyl groups is 2. The van der Waals surface area contributed by atoms with Crippen molar-refractivity contribution in [3.05, 3.63) is 60.3 Å². The number of hydroxylamine groups is 2. The number of carbonyl (C=O) groups excluding carboxylic acids is 1. The van der Waals surface area contributed by atoms with Gasteiger partial charge in [-0.05, 0) is 31.5 Å². The van der Waals surface area contributed by atoms with Gasteiger partial charge in [0.1, 0.15) is 0 Å². The van der Waals surface area contributed by atoms with Gasteiger partial charge < -0.3 is 15.5 Å². The number of phenols is 2. The van der Waals surface area contributed by atoms with Crippen molar-refractivity contribution in [1.82, 2.24) is 10.4 Å². The zero-order valence-corrected chi connectivity index (χ0v) is 14.4. The molecule has 1 aromatic rings. The van der Waals surface area contributed by atoms with Crippen LogP contribution in [0.3, 0.4) is 0 Å². The largest absolute Gasteiger partial charge is 0.504 e. The van der Waals surface area contributed by atoms with E-state index in [0.717, 1.165) is 5.56 Å². The minimum absolute atomic E-state index is 0.191. The summed E-state index contributed by atoms with van der Waals surface area (Å²) in [6.07, 6.45) is 3.03. The molecule has 0 atom stereocenters. The van der Waals surface area contributed by atoms with Crippen molar-refractivity contribution < 1.29 is 20.2 Å². The molecule has 0 spiro atoms. The van der Waals surface area contributed by atoms with Crippen molar-refractivity contribution in [2.24, 2.45) is 4.99 Å². The fourth-order valence-corrected chi connectivity index (χ4v) is 2.21. The van der Waals surface area contributed by atoms with Gasteiger partial charge in [0.2, 0.25) is 0 Å². The summed E-state index contributed by atoms with van der Waals surface area (Å²) < 4.78 is 0. The third kappa shape index (κ3) is 4.71. The molecule has 0 saturated heterocycles. The van der Waals surface area contributed by atoms with Gasteiger partial charge in [-0.2, -0.15) is 5.06 Å². The van der Waals surface area contributed by atoms with Gasteiger partial charge in [-0.15, -0.1) is 13.2 Å². The standard InChI is InChI=1S/C16H19N3O4.C2H4/c1-3-11-12(8-15(22)19(23)16(11)17-4-2)18-9-10-5-6-13(20)14(21)7-10;1-2/h3,5-8,18,20-21,23H,4,9H2,1-2H3;1-2H2/b11-3-,17-16?;. The third-order valence-electron chi connectivity index (χ3n) is 3.33. The molecule has 7 nitrogen and oxygen atoms in total. The van der Waals surface area contributed by atoms with Crippen LogP contribution in [0.5, 0.6) is 11.5 Å². The lowest BCUT2D eigenvalue weighted by Crippen LogP contribution is -2.40. The van der Waals surface area contributed by atoms with Gasteiger partial charge in [0, 0.05) is 24.7 Å². The number of allylic oxidation sites excluding steroid dienone is 1. The summed E-state index contributed by atoms with van der Waals surface area (Å²) in [5, 5.41) is 32.2. The van der Waals surface area contributed by atoms with Gasteiger partial charge in [0.05, 0.1) is 5.70 Å². The minimum atomic E-state index is -0.584. The van der Waals surface area contributed by atoms with Crippen LogP contribution in [0.25, 0.3) is 0 Å². The Kier molecular flexibility index (Phi) is 7.43. The number of phenolic OH excluding ortho intramolecular Hbond substituents is 2. The maximum absolute atomic E-state index is 11.8. The van der Waals surface area contributed by atoms with Crippen molar-refractivity contribution >= 4 is 11.7 Å². The molecular weight excluding hydrogens is 322 g/mol. The van der Waals surface area contributed by atoms with Crippen molar-refractivity contribution in [3.8, 4) is 11.5 Å². The molecule has 1 heterocycles. The predicted molar refractivity (Wildman–Crippen MR) is 96.3 cm³/mol. The second-order valence-corrected chi connectivity index (χ2v) is 4.88. The van der Waals surface area contributed by atoms with E-state index in [9.17, 15) is 20.2 Å². The zero-order chi connectivity index (χ0) is 19.0. The monoisotopic (exact) mass is 345 g/mol. The number of carbonyl (C=O) groups is 1. The van der Waals surface area contributed by atoms with Crippen molar-refractivity contribution in [3.63, 3.8) is 0 Å². The van der Waals surface area contributed by atoms with Crippen molar-refractivity contribution in [2.75, 3.05) is 6.54 Å². The molecule has 1 aliphatic rings. The second kappa shape index (κ2) is 9.29. The van der Waals surface area contributed by atoms with Gasteiger partial charge in [0.15, 0.2) is 17.3 Å². The Morgan fingerprint density at radius 3 is 2.52 bits per heavy atom. The third-order valence-corrected chi connectivity index (χ3v) is 3.33. The SMILES string of the molecule is C/C=C1/C(NCc2ccc(O)c(O)c2)=CC(=O)N(O)C1=NCC.C=C. The Bertz CT molecular complexity index is 723. The van der Waals surface area contributed by atoms with E-state index in [0.29, 0.717) is 29.4 Å². The summed E-state index contributed by atoms with van der Waals surface area (Å²) in [5.74, 6) is -0.792. The molecule has 0 unspecified atom stereocenters. The summed E-state index contributed by atoms with van der Waals surface area (Å²) in [6, 6.07) is 4.48. The number of hydrogen-bond acceptors (Lipinski definition) is 6. The highest BCUT2D eigenvalue weighted by molar-refractivity contribution is 6.15. The highest BCUT2D eigenvalue weighted by Crippen LogP contribution is 2.25. The summed E-state index contributed by atoms with van der Waals surface area (Å²) in [4.78, 5) is 16.0. The zero-order valence-electron chi connectivity index (χ0n) is 14.4. The summed E-state index contributed by atoms with van der Waals surface area (Å²) in [5.41, 5.74) is 1.86. The molecule has 0 fully saturated rings. The Balaban J connectivity index is 0.00000151. The van der Waals surface area contributed by atoms with Gasteiger partial charge in [-0.1, -0.05) is 12.1 Å². The highest BCUT2D eigenvalue weighted by atomic mass is 16.5. The molecule has 0 bridgehead atoms. The van der Waals surface area contributed by atoms with Crippen LogP contribution >= 0.6 is 0 Å². The number of nitrogens with one attached hydrogen (secondary N) is 1. The van der Waals surface area contributed by atoms with E-state index in [1.807, 2.05) is 6.92 Å². The van der Waals surface area contributed by atoms with E-state index in [1.54, 1.807) is 19.1 Å². The van der Waals surface area contributed by atoms with Crippen LogP contribution in [0.15, 0.2) is 59.8 Å². The topological polar surface area (TPSA) is 105 Å². The molecule has 2 rings (SSSR count). The molecule has 7 heteroatoms. The predicted octanol–water partition coefficient (Wildman–Crippen LogP) is 2.47. The first kappa shape index (κ1) is 20.0. The Hall–Kier alpha value is -3.06. The lowest BCUT2D eigenvalue weighted by molar-refractivity contribution is -0.143. The fourth-order valence-electron chi connectivity index (χ4n) is 2.21. The Labute approximate surface area is 146 Å². The van der Waals surface area contributed by atoms with E-state index >= 15 is 0 Å². The van der Waals surface area contributed by atoms with Crippen LogP contribution in [0.1, 0.15) is 19.4 Å². The van der Waals surface area contributed by atoms with Crippen LogP contribution in [0, 0.1) is 0 Å². The number of aliphatic imine (C=N–C) groups is 1. The fraction of sp³-hybridized carbons (Fsp3) is 0.222. The van der Waals surface area contributed by atoms with Gasteiger partial charge in [-0.25, -0.2) is 0 Å². The molecule has 1 aromatic carbocycles. The summed E-state index contributed by atoms with van der Waals surface area (Å²) in [7, 11) is 0. The highest BCUT2D eigenvalue weighted by Gasteiger charge is 2.27. The molecular formula is C18H23N3O4. The summed E-state index contributed by atoms with van der Waals surface area (Å²) >= 11 is 0. The molecule has 0 aromatic heterocycles. The van der Waals surface area contributed by atoms with Crippen LogP contribution in [0.4, 0.5) is 0 Å². The van der Waals surface area contributed by atoms with Crippen molar-refractivity contribution in [2.45, 2.75) is 20.4 Å². The summed E-state index contributed by atoms with van der Waals surface area (Å²) in [6.45, 7) is 10.3. The number of nitrogens with zero attached hydrogens (tertiary/aromatic N) is 2. The van der Waals surface area contributed by atoms with E-state index in [-0.39, 0.29) is 17.3 Å². The van der Waals surface area contributed by atoms with E-state index in [1.165, 1.54) is 18.2 Å². The second-order valence-electron chi connectivity index (χ2n) is 4.88. The molecule has 0 radical (unpaired) electrons. The van der Waals surface area contributed by atoms with E-state index in [4.69, 9.17) is 0 Å². The average molecular weight is 345 g/mol. The first-order chi connectivity index (χ1) is 12.0. The molecule has 0 aliphatic carbocycles. The maximum atomic E-state index is 11.8. The lowest BCUT2D eigenvalue weighted by atomic mass is 10.1. The number of amides is 1. The molecule has 25 heavy (non-hydrogen) atoms. The number of amidine groups is 1. The van der Waals surface area contributed by atoms with Crippen molar-refractivity contribution in [1.29, 1.82) is 0 Å². The first-order valence-corrected chi connectivity index (χ1v) is 7.68. The minimum Gasteiger partial charge on any atom is -0.504 e. The molecule has 134 valence electrons. The maximum Gasteiger partial charge on any atom is 0.278 e. The van der Waals surface area contributed by atoms with Crippen LogP contribution in [-0.2, 0) is 11.3 Å². The number of benzene rings is 1. The van der Waals surface area contributed by atoms with Crippen LogP contribution in [-0.4, -0.2) is 38.8 Å². The molecule has 0 saturated carbocycles.